The lowest BCUT2D eigenvalue weighted by Crippen LogP contribution is -2.39. The van der Waals surface area contributed by atoms with Crippen molar-refractivity contribution in [2.45, 2.75) is 25.6 Å². The summed E-state index contributed by atoms with van der Waals surface area (Å²) in [5.74, 6) is 0.819. The van der Waals surface area contributed by atoms with Crippen LogP contribution in [0.2, 0.25) is 0 Å². The molecule has 0 aliphatic carbocycles. The Morgan fingerprint density at radius 3 is 2.10 bits per heavy atom. The SMILES string of the molecule is CN(C)C[C@H](Cc1ccccc1)[C@@](C)(O)c1cccc(OCc2ccccc2)c1. The number of aliphatic hydroxyl groups is 1. The van der Waals surface area contributed by atoms with Crippen molar-refractivity contribution in [1.29, 1.82) is 0 Å². The first-order chi connectivity index (χ1) is 13.9. The average Bonchev–Trinajstić information content (AvgIpc) is 2.73. The van der Waals surface area contributed by atoms with Gasteiger partial charge in [-0.15, -0.1) is 0 Å². The number of hydrogen-bond donors (Lipinski definition) is 1. The van der Waals surface area contributed by atoms with E-state index in [2.05, 4.69) is 29.2 Å². The maximum absolute atomic E-state index is 11.6. The third-order valence-electron chi connectivity index (χ3n) is 5.37. The van der Waals surface area contributed by atoms with Crippen LogP contribution in [-0.2, 0) is 18.6 Å². The van der Waals surface area contributed by atoms with E-state index in [1.54, 1.807) is 0 Å². The normalized spacial score (nSPS) is 14.4. The molecular weight excluding hydrogens is 358 g/mol. The van der Waals surface area contributed by atoms with Gasteiger partial charge in [-0.05, 0) is 56.3 Å². The molecule has 3 aromatic rings. The second-order valence-electron chi connectivity index (χ2n) is 8.10. The predicted molar refractivity (Wildman–Crippen MR) is 119 cm³/mol. The molecule has 0 radical (unpaired) electrons. The molecule has 0 aliphatic heterocycles. The zero-order chi connectivity index (χ0) is 20.7. The van der Waals surface area contributed by atoms with Gasteiger partial charge in [0.25, 0.3) is 0 Å². The van der Waals surface area contributed by atoms with Crippen LogP contribution in [0.3, 0.4) is 0 Å². The van der Waals surface area contributed by atoms with Crippen molar-refractivity contribution in [2.75, 3.05) is 20.6 Å². The highest BCUT2D eigenvalue weighted by Crippen LogP contribution is 2.34. The molecule has 0 saturated heterocycles. The lowest BCUT2D eigenvalue weighted by Gasteiger charge is -2.35. The summed E-state index contributed by atoms with van der Waals surface area (Å²) >= 11 is 0. The Bertz CT molecular complexity index is 875. The fourth-order valence-electron chi connectivity index (χ4n) is 3.66. The average molecular weight is 390 g/mol. The van der Waals surface area contributed by atoms with E-state index in [1.807, 2.05) is 81.7 Å². The Hall–Kier alpha value is -2.62. The first-order valence-corrected chi connectivity index (χ1v) is 10.1. The molecule has 152 valence electrons. The van der Waals surface area contributed by atoms with Crippen LogP contribution in [0, 0.1) is 5.92 Å². The number of hydrogen-bond acceptors (Lipinski definition) is 3. The molecule has 3 nitrogen and oxygen atoms in total. The van der Waals surface area contributed by atoms with Crippen molar-refractivity contribution in [2.24, 2.45) is 5.92 Å². The standard InChI is InChI=1S/C26H31NO2/c1-26(28,24(19-27(2)3)17-21-11-6-4-7-12-21)23-15-10-16-25(18-23)29-20-22-13-8-5-9-14-22/h4-16,18,24,28H,17,19-20H2,1-3H3/t24-,26-/m0/s1. The van der Waals surface area contributed by atoms with Gasteiger partial charge in [0.05, 0.1) is 5.60 Å². The molecule has 0 aromatic heterocycles. The molecule has 0 fully saturated rings. The fourth-order valence-corrected chi connectivity index (χ4v) is 3.66. The van der Waals surface area contributed by atoms with Gasteiger partial charge in [-0.3, -0.25) is 0 Å². The fraction of sp³-hybridized carbons (Fsp3) is 0.308. The molecule has 29 heavy (non-hydrogen) atoms. The molecule has 3 aromatic carbocycles. The van der Waals surface area contributed by atoms with Crippen LogP contribution in [-0.4, -0.2) is 30.6 Å². The molecule has 0 unspecified atom stereocenters. The van der Waals surface area contributed by atoms with E-state index in [1.165, 1.54) is 5.56 Å². The van der Waals surface area contributed by atoms with Crippen molar-refractivity contribution in [3.05, 3.63) is 102 Å². The van der Waals surface area contributed by atoms with Crippen LogP contribution in [0.1, 0.15) is 23.6 Å². The van der Waals surface area contributed by atoms with Crippen LogP contribution >= 0.6 is 0 Å². The van der Waals surface area contributed by atoms with Crippen LogP contribution < -0.4 is 4.74 Å². The number of ether oxygens (including phenoxy) is 1. The summed E-state index contributed by atoms with van der Waals surface area (Å²) in [6.07, 6.45) is 0.807. The Morgan fingerprint density at radius 1 is 0.862 bits per heavy atom. The van der Waals surface area contributed by atoms with E-state index in [4.69, 9.17) is 4.74 Å². The second-order valence-corrected chi connectivity index (χ2v) is 8.10. The second kappa shape index (κ2) is 9.73. The monoisotopic (exact) mass is 389 g/mol. The molecule has 0 bridgehead atoms. The molecule has 3 rings (SSSR count). The lowest BCUT2D eigenvalue weighted by atomic mass is 9.79. The highest BCUT2D eigenvalue weighted by Gasteiger charge is 2.34. The molecule has 0 spiro atoms. The number of nitrogens with zero attached hydrogens (tertiary/aromatic N) is 1. The summed E-state index contributed by atoms with van der Waals surface area (Å²) in [7, 11) is 4.10. The minimum Gasteiger partial charge on any atom is -0.489 e. The maximum Gasteiger partial charge on any atom is 0.120 e. The molecule has 0 aliphatic rings. The van der Waals surface area contributed by atoms with Gasteiger partial charge in [0.2, 0.25) is 0 Å². The summed E-state index contributed by atoms with van der Waals surface area (Å²) in [5, 5.41) is 11.6. The minimum atomic E-state index is -0.980. The molecule has 0 amide bonds. The number of rotatable bonds is 9. The molecular formula is C26H31NO2. The first kappa shape index (κ1) is 21.1. The molecule has 3 heteroatoms. The minimum absolute atomic E-state index is 0.0456. The highest BCUT2D eigenvalue weighted by molar-refractivity contribution is 5.33. The van der Waals surface area contributed by atoms with Gasteiger partial charge in [0.15, 0.2) is 0 Å². The van der Waals surface area contributed by atoms with E-state index in [-0.39, 0.29) is 5.92 Å². The van der Waals surface area contributed by atoms with Gasteiger partial charge in [0.1, 0.15) is 12.4 Å². The van der Waals surface area contributed by atoms with E-state index < -0.39 is 5.60 Å². The van der Waals surface area contributed by atoms with Crippen LogP contribution in [0.4, 0.5) is 0 Å². The third-order valence-corrected chi connectivity index (χ3v) is 5.37. The first-order valence-electron chi connectivity index (χ1n) is 10.1. The van der Waals surface area contributed by atoms with E-state index in [9.17, 15) is 5.11 Å². The van der Waals surface area contributed by atoms with Gasteiger partial charge < -0.3 is 14.7 Å². The van der Waals surface area contributed by atoms with Crippen molar-refractivity contribution in [3.63, 3.8) is 0 Å². The summed E-state index contributed by atoms with van der Waals surface area (Å²) in [5.41, 5.74) is 2.26. The summed E-state index contributed by atoms with van der Waals surface area (Å²) in [6.45, 7) is 3.22. The van der Waals surface area contributed by atoms with Gasteiger partial charge in [-0.25, -0.2) is 0 Å². The van der Waals surface area contributed by atoms with E-state index >= 15 is 0 Å². The van der Waals surface area contributed by atoms with Crippen molar-refractivity contribution in [3.8, 4) is 5.75 Å². The Labute approximate surface area is 174 Å². The summed E-state index contributed by atoms with van der Waals surface area (Å²) in [6, 6.07) is 28.3. The quantitative estimate of drug-likeness (QED) is 0.565. The topological polar surface area (TPSA) is 32.7 Å². The summed E-state index contributed by atoms with van der Waals surface area (Å²) in [4.78, 5) is 2.14. The van der Waals surface area contributed by atoms with Crippen molar-refractivity contribution in [1.82, 2.24) is 4.90 Å². The highest BCUT2D eigenvalue weighted by atomic mass is 16.5. The van der Waals surface area contributed by atoms with Gasteiger partial charge in [-0.1, -0.05) is 72.8 Å². The van der Waals surface area contributed by atoms with Gasteiger partial charge in [0, 0.05) is 12.5 Å². The smallest absolute Gasteiger partial charge is 0.120 e. The molecule has 0 saturated carbocycles. The van der Waals surface area contributed by atoms with Gasteiger partial charge >= 0.3 is 0 Å². The van der Waals surface area contributed by atoms with E-state index in [0.29, 0.717) is 6.61 Å². The molecule has 1 N–H and O–H groups in total. The van der Waals surface area contributed by atoms with Crippen LogP contribution in [0.25, 0.3) is 0 Å². The zero-order valence-corrected chi connectivity index (χ0v) is 17.6. The Kier molecular flexibility index (Phi) is 7.08. The largest absolute Gasteiger partial charge is 0.489 e. The zero-order valence-electron chi connectivity index (χ0n) is 17.6. The maximum atomic E-state index is 11.6. The number of benzene rings is 3. The molecule has 0 heterocycles. The van der Waals surface area contributed by atoms with Crippen molar-refractivity contribution >= 4 is 0 Å². The van der Waals surface area contributed by atoms with Crippen LogP contribution in [0.15, 0.2) is 84.9 Å². The molecule has 2 atom stereocenters. The Balaban J connectivity index is 1.79. The van der Waals surface area contributed by atoms with Crippen LogP contribution in [0.5, 0.6) is 5.75 Å². The predicted octanol–water partition coefficient (Wildman–Crippen LogP) is 4.89. The lowest BCUT2D eigenvalue weighted by molar-refractivity contribution is -0.0159. The third kappa shape index (κ3) is 5.93. The van der Waals surface area contributed by atoms with E-state index in [0.717, 1.165) is 29.8 Å². The van der Waals surface area contributed by atoms with Crippen molar-refractivity contribution < 1.29 is 9.84 Å². The Morgan fingerprint density at radius 2 is 1.48 bits per heavy atom. The van der Waals surface area contributed by atoms with Gasteiger partial charge in [-0.2, -0.15) is 0 Å². The summed E-state index contributed by atoms with van der Waals surface area (Å²) < 4.78 is 5.99.